The molecule has 0 aromatic rings. The Labute approximate surface area is 214 Å². The summed E-state index contributed by atoms with van der Waals surface area (Å²) in [6.07, 6.45) is 4.78. The van der Waals surface area contributed by atoms with Crippen LogP contribution in [-0.4, -0.2) is 46.3 Å². The molecule has 0 aromatic carbocycles. The van der Waals surface area contributed by atoms with Crippen molar-refractivity contribution in [3.05, 3.63) is 11.6 Å². The van der Waals surface area contributed by atoms with Gasteiger partial charge in [0.25, 0.3) is 0 Å². The first-order chi connectivity index (χ1) is 16.4. The van der Waals surface area contributed by atoms with Gasteiger partial charge in [0.2, 0.25) is 5.78 Å². The molecule has 4 aliphatic carbocycles. The molecule has 0 N–H and O–H groups in total. The van der Waals surface area contributed by atoms with E-state index in [1.807, 2.05) is 6.92 Å². The minimum atomic E-state index is -1.51. The second-order valence-corrected chi connectivity index (χ2v) is 12.3. The monoisotopic (exact) mass is 550 g/mol. The van der Waals surface area contributed by atoms with Crippen molar-refractivity contribution < 1.29 is 33.4 Å². The van der Waals surface area contributed by atoms with Gasteiger partial charge in [0.05, 0.1) is 0 Å². The Bertz CT molecular complexity index is 1000. The van der Waals surface area contributed by atoms with Crippen molar-refractivity contribution in [2.75, 3.05) is 6.61 Å². The number of ether oxygens (including phenoxy) is 2. The Kier molecular flexibility index (Phi) is 6.92. The minimum Gasteiger partial charge on any atom is -0.457 e. The van der Waals surface area contributed by atoms with Gasteiger partial charge in [-0.2, -0.15) is 0 Å². The second-order valence-electron chi connectivity index (χ2n) is 11.1. The maximum absolute atomic E-state index is 14.0. The number of rotatable bonds is 6. The van der Waals surface area contributed by atoms with Crippen LogP contribution in [0.5, 0.6) is 0 Å². The fourth-order valence-electron chi connectivity index (χ4n) is 7.60. The highest BCUT2D eigenvalue weighted by atomic mass is 79.9. The lowest BCUT2D eigenvalue weighted by Gasteiger charge is -2.59. The summed E-state index contributed by atoms with van der Waals surface area (Å²) in [4.78, 5) is 64.1. The van der Waals surface area contributed by atoms with E-state index >= 15 is 0 Å². The maximum atomic E-state index is 14.0. The van der Waals surface area contributed by atoms with Gasteiger partial charge in [0, 0.05) is 41.8 Å². The summed E-state index contributed by atoms with van der Waals surface area (Å²) < 4.78 is 11.1. The second kappa shape index (κ2) is 9.24. The molecule has 7 atom stereocenters. The van der Waals surface area contributed by atoms with E-state index in [0.29, 0.717) is 32.1 Å². The summed E-state index contributed by atoms with van der Waals surface area (Å²) in [5.41, 5.74) is -1.75. The van der Waals surface area contributed by atoms with Crippen LogP contribution in [0.1, 0.15) is 79.1 Å². The topological polar surface area (TPSA) is 104 Å². The number of alkyl halides is 1. The van der Waals surface area contributed by atoms with E-state index in [0.717, 1.165) is 5.57 Å². The van der Waals surface area contributed by atoms with E-state index in [4.69, 9.17) is 9.47 Å². The van der Waals surface area contributed by atoms with E-state index in [9.17, 15) is 24.0 Å². The molecule has 3 saturated carbocycles. The van der Waals surface area contributed by atoms with Crippen molar-refractivity contribution in [1.29, 1.82) is 0 Å². The molecule has 4 aliphatic rings. The molecule has 4 rings (SSSR count). The lowest BCUT2D eigenvalue weighted by Crippen LogP contribution is -2.63. The quantitative estimate of drug-likeness (QED) is 0.359. The zero-order chi connectivity index (χ0) is 25.8. The third-order valence-corrected chi connectivity index (χ3v) is 10.4. The smallest absolute Gasteiger partial charge is 0.306 e. The average molecular weight is 551 g/mol. The predicted octanol–water partition coefficient (Wildman–Crippen LogP) is 4.29. The number of allylic oxidation sites excluding steroid dienone is 1. The molecule has 0 bridgehead atoms. The van der Waals surface area contributed by atoms with Gasteiger partial charge in [-0.3, -0.25) is 24.0 Å². The Morgan fingerprint density at radius 2 is 1.77 bits per heavy atom. The summed E-state index contributed by atoms with van der Waals surface area (Å²) in [6.45, 7) is 6.85. The minimum absolute atomic E-state index is 0.0306. The molecular formula is C27H35BrO7. The van der Waals surface area contributed by atoms with E-state index < -0.39 is 35.3 Å². The van der Waals surface area contributed by atoms with Gasteiger partial charge in [-0.25, -0.2) is 0 Å². The van der Waals surface area contributed by atoms with Crippen LogP contribution in [-0.2, 0) is 33.4 Å². The van der Waals surface area contributed by atoms with Crippen molar-refractivity contribution >= 4 is 45.2 Å². The van der Waals surface area contributed by atoms with Crippen LogP contribution in [0.15, 0.2) is 11.6 Å². The summed E-state index contributed by atoms with van der Waals surface area (Å²) in [6, 6.07) is 0. The van der Waals surface area contributed by atoms with Crippen LogP contribution >= 0.6 is 15.9 Å². The summed E-state index contributed by atoms with van der Waals surface area (Å²) >= 11 is 3.86. The molecule has 8 heteroatoms. The molecule has 192 valence electrons. The van der Waals surface area contributed by atoms with Gasteiger partial charge in [-0.1, -0.05) is 49.2 Å². The van der Waals surface area contributed by atoms with Crippen molar-refractivity contribution in [3.63, 3.8) is 0 Å². The lowest BCUT2D eigenvalue weighted by molar-refractivity contribution is -0.192. The number of fused-ring (bicyclic) bond motifs is 5. The molecule has 0 saturated heterocycles. The molecule has 7 nitrogen and oxygen atoms in total. The number of hydrogen-bond donors (Lipinski definition) is 0. The molecule has 0 aliphatic heterocycles. The average Bonchev–Trinajstić information content (AvgIpc) is 3.10. The lowest BCUT2D eigenvalue weighted by atomic mass is 9.45. The van der Waals surface area contributed by atoms with Crippen LogP contribution in [0, 0.1) is 28.6 Å². The largest absolute Gasteiger partial charge is 0.457 e. The number of esters is 2. The van der Waals surface area contributed by atoms with Crippen molar-refractivity contribution in [2.45, 2.75) is 89.5 Å². The van der Waals surface area contributed by atoms with Crippen LogP contribution in [0.25, 0.3) is 0 Å². The van der Waals surface area contributed by atoms with Crippen LogP contribution < -0.4 is 0 Å². The van der Waals surface area contributed by atoms with Gasteiger partial charge in [0.15, 0.2) is 18.0 Å². The zero-order valence-corrected chi connectivity index (χ0v) is 22.6. The molecule has 0 aromatic heterocycles. The van der Waals surface area contributed by atoms with Crippen molar-refractivity contribution in [2.24, 2.45) is 28.6 Å². The maximum Gasteiger partial charge on any atom is 0.306 e. The fraction of sp³-hybridized carbons (Fsp3) is 0.741. The highest BCUT2D eigenvalue weighted by Crippen LogP contribution is 2.68. The molecule has 35 heavy (non-hydrogen) atoms. The van der Waals surface area contributed by atoms with Gasteiger partial charge in [0.1, 0.15) is 5.78 Å². The summed E-state index contributed by atoms with van der Waals surface area (Å²) in [7, 11) is 0. The summed E-state index contributed by atoms with van der Waals surface area (Å²) in [5.74, 6) is -1.63. The number of hydrogen-bond acceptors (Lipinski definition) is 7. The van der Waals surface area contributed by atoms with Gasteiger partial charge in [-0.05, 0) is 49.0 Å². The Hall–Kier alpha value is -1.83. The predicted molar refractivity (Wildman–Crippen MR) is 131 cm³/mol. The SMILES string of the molecule is CCC(=O)OCC(=O)[C@]1(OC(=O)CC)CC[C@H]2[C@@H]3[C@H](Br)CC4=CC(=O)CC[C@]4(C)[C@H]3C(=O)C[C@@]21C. The molecule has 0 spiro atoms. The molecular weight excluding hydrogens is 516 g/mol. The number of halogens is 1. The first-order valence-electron chi connectivity index (χ1n) is 12.7. The Balaban J connectivity index is 1.75. The molecule has 0 unspecified atom stereocenters. The fourth-order valence-corrected chi connectivity index (χ4v) is 8.62. The third kappa shape index (κ3) is 3.94. The number of ketones is 3. The van der Waals surface area contributed by atoms with Crippen LogP contribution in [0.3, 0.4) is 0 Å². The van der Waals surface area contributed by atoms with Crippen LogP contribution in [0.4, 0.5) is 0 Å². The zero-order valence-electron chi connectivity index (χ0n) is 21.0. The standard InChI is InChI=1S/C27H35BrO7/c1-5-21(32)34-14-20(31)27(35-22(33)6-2)10-8-17-23-18(28)12-15-11-16(29)7-9-25(15,3)24(23)19(30)13-26(17,27)4/h11,17-18,23-24H,5-10,12-14H2,1-4H3/t17-,18+,23+,24-,25-,26-,27+/m0/s1. The van der Waals surface area contributed by atoms with Crippen LogP contribution in [0.2, 0.25) is 0 Å². The first-order valence-corrected chi connectivity index (χ1v) is 13.7. The Morgan fingerprint density at radius 3 is 2.43 bits per heavy atom. The molecule has 3 fully saturated rings. The third-order valence-electron chi connectivity index (χ3n) is 9.44. The molecule has 0 heterocycles. The highest BCUT2D eigenvalue weighted by molar-refractivity contribution is 9.09. The number of carbonyl (C=O) groups excluding carboxylic acids is 5. The van der Waals surface area contributed by atoms with E-state index in [1.165, 1.54) is 0 Å². The highest BCUT2D eigenvalue weighted by Gasteiger charge is 2.71. The Morgan fingerprint density at radius 1 is 1.09 bits per heavy atom. The van der Waals surface area contributed by atoms with E-state index in [1.54, 1.807) is 19.9 Å². The van der Waals surface area contributed by atoms with Gasteiger partial charge < -0.3 is 9.47 Å². The van der Waals surface area contributed by atoms with E-state index in [-0.39, 0.29) is 58.8 Å². The molecule has 0 amide bonds. The van der Waals surface area contributed by atoms with Crippen molar-refractivity contribution in [1.82, 2.24) is 0 Å². The summed E-state index contributed by atoms with van der Waals surface area (Å²) in [5, 5.41) is 0. The van der Waals surface area contributed by atoms with E-state index in [2.05, 4.69) is 22.9 Å². The van der Waals surface area contributed by atoms with Crippen molar-refractivity contribution in [3.8, 4) is 0 Å². The normalized spacial score (nSPS) is 40.2. The van der Waals surface area contributed by atoms with Gasteiger partial charge in [-0.15, -0.1) is 0 Å². The number of carbonyl (C=O) groups is 5. The van der Waals surface area contributed by atoms with Gasteiger partial charge >= 0.3 is 11.9 Å². The molecule has 0 radical (unpaired) electrons. The number of Topliss-reactive ketones (excluding diaryl/α,β-unsaturated/α-hetero) is 2. The first kappa shape index (κ1) is 26.2.